The Labute approximate surface area is 105 Å². The van der Waals surface area contributed by atoms with Crippen LogP contribution in [0.4, 0.5) is 0 Å². The first-order valence-corrected chi connectivity index (χ1v) is 5.36. The largest absolute Gasteiger partial charge is 0.481 e. The van der Waals surface area contributed by atoms with Crippen molar-refractivity contribution in [3.8, 4) is 0 Å². The van der Waals surface area contributed by atoms with E-state index < -0.39 is 5.97 Å². The molecule has 92 valence electrons. The molecule has 0 saturated carbocycles. The minimum atomic E-state index is -0.833. The Kier molecular flexibility index (Phi) is 3.06. The van der Waals surface area contributed by atoms with Gasteiger partial charge in [-0.1, -0.05) is 37.8 Å². The molecule has 0 unspecified atom stereocenters. The van der Waals surface area contributed by atoms with Gasteiger partial charge in [0.25, 0.3) is 0 Å². The first-order valence-electron chi connectivity index (χ1n) is 5.36. The summed E-state index contributed by atoms with van der Waals surface area (Å²) in [5.41, 5.74) is 2.32. The summed E-state index contributed by atoms with van der Waals surface area (Å²) in [5, 5.41) is 10.8. The third kappa shape index (κ3) is 1.95. The minimum absolute atomic E-state index is 0. The molecular weight excluding hydrogens is 228 g/mol. The van der Waals surface area contributed by atoms with Crippen LogP contribution < -0.4 is 0 Å². The minimum Gasteiger partial charge on any atom is -0.481 e. The van der Waals surface area contributed by atoms with Gasteiger partial charge in [0, 0.05) is 10.8 Å². The SMILES string of the molecule is C.O=C(O)Cc1ccc2c(c1)oc1ccccc12. The number of carbonyl (C=O) groups is 1. The number of hydrogen-bond acceptors (Lipinski definition) is 2. The zero-order valence-corrected chi connectivity index (χ0v) is 9.01. The number of rotatable bonds is 2. The van der Waals surface area contributed by atoms with E-state index >= 15 is 0 Å². The summed E-state index contributed by atoms with van der Waals surface area (Å²) >= 11 is 0. The van der Waals surface area contributed by atoms with E-state index in [2.05, 4.69) is 0 Å². The van der Waals surface area contributed by atoms with E-state index in [1.807, 2.05) is 36.4 Å². The fourth-order valence-electron chi connectivity index (χ4n) is 2.05. The van der Waals surface area contributed by atoms with Gasteiger partial charge in [-0.05, 0) is 17.7 Å². The van der Waals surface area contributed by atoms with E-state index in [-0.39, 0.29) is 13.8 Å². The summed E-state index contributed by atoms with van der Waals surface area (Å²) in [6.45, 7) is 0. The first kappa shape index (κ1) is 12.2. The number of carboxylic acids is 1. The Morgan fingerprint density at radius 2 is 1.78 bits per heavy atom. The average molecular weight is 242 g/mol. The quantitative estimate of drug-likeness (QED) is 0.742. The van der Waals surface area contributed by atoms with Gasteiger partial charge in [-0.25, -0.2) is 0 Å². The number of para-hydroxylation sites is 1. The molecule has 3 heteroatoms. The van der Waals surface area contributed by atoms with E-state index in [0.29, 0.717) is 0 Å². The zero-order chi connectivity index (χ0) is 11.8. The third-order valence-corrected chi connectivity index (χ3v) is 2.80. The van der Waals surface area contributed by atoms with E-state index in [1.165, 1.54) is 0 Å². The summed E-state index contributed by atoms with van der Waals surface area (Å²) in [4.78, 5) is 10.6. The summed E-state index contributed by atoms with van der Waals surface area (Å²) in [6.07, 6.45) is 0.0208. The van der Waals surface area contributed by atoms with Gasteiger partial charge >= 0.3 is 5.97 Å². The Morgan fingerprint density at radius 3 is 2.56 bits per heavy atom. The van der Waals surface area contributed by atoms with Gasteiger partial charge in [-0.2, -0.15) is 0 Å². The van der Waals surface area contributed by atoms with Crippen LogP contribution >= 0.6 is 0 Å². The van der Waals surface area contributed by atoms with Crippen LogP contribution in [0.1, 0.15) is 13.0 Å². The van der Waals surface area contributed by atoms with Crippen molar-refractivity contribution in [3.05, 3.63) is 48.0 Å². The number of furan rings is 1. The van der Waals surface area contributed by atoms with Crippen molar-refractivity contribution in [2.75, 3.05) is 0 Å². The van der Waals surface area contributed by atoms with Crippen LogP contribution in [-0.4, -0.2) is 11.1 Å². The van der Waals surface area contributed by atoms with Crippen molar-refractivity contribution < 1.29 is 14.3 Å². The molecule has 0 amide bonds. The molecule has 1 N–H and O–H groups in total. The lowest BCUT2D eigenvalue weighted by Gasteiger charge is -1.96. The Morgan fingerprint density at radius 1 is 1.06 bits per heavy atom. The lowest BCUT2D eigenvalue weighted by Crippen LogP contribution is -1.99. The summed E-state index contributed by atoms with van der Waals surface area (Å²) in [5.74, 6) is -0.833. The molecule has 0 bridgehead atoms. The van der Waals surface area contributed by atoms with E-state index in [1.54, 1.807) is 6.07 Å². The fourth-order valence-corrected chi connectivity index (χ4v) is 2.05. The molecular formula is C15H14O3. The van der Waals surface area contributed by atoms with Crippen LogP contribution in [0.15, 0.2) is 46.9 Å². The molecule has 3 nitrogen and oxygen atoms in total. The predicted molar refractivity (Wildman–Crippen MR) is 71.8 cm³/mol. The molecule has 0 spiro atoms. The molecule has 1 heterocycles. The van der Waals surface area contributed by atoms with E-state index in [0.717, 1.165) is 27.5 Å². The van der Waals surface area contributed by atoms with Crippen molar-refractivity contribution in [2.45, 2.75) is 13.8 Å². The molecule has 0 fully saturated rings. The van der Waals surface area contributed by atoms with Crippen LogP contribution in [0.3, 0.4) is 0 Å². The second-order valence-electron chi connectivity index (χ2n) is 4.00. The van der Waals surface area contributed by atoms with Gasteiger partial charge in [-0.3, -0.25) is 4.79 Å². The van der Waals surface area contributed by atoms with Crippen LogP contribution in [0.25, 0.3) is 21.9 Å². The van der Waals surface area contributed by atoms with Gasteiger partial charge in [-0.15, -0.1) is 0 Å². The van der Waals surface area contributed by atoms with E-state index in [9.17, 15) is 4.79 Å². The van der Waals surface area contributed by atoms with Gasteiger partial charge in [0.15, 0.2) is 0 Å². The van der Waals surface area contributed by atoms with Crippen LogP contribution in [0.5, 0.6) is 0 Å². The highest BCUT2D eigenvalue weighted by molar-refractivity contribution is 6.05. The maximum absolute atomic E-state index is 10.6. The van der Waals surface area contributed by atoms with Crippen molar-refractivity contribution in [2.24, 2.45) is 0 Å². The second-order valence-corrected chi connectivity index (χ2v) is 4.00. The summed E-state index contributed by atoms with van der Waals surface area (Å²) in [6, 6.07) is 13.3. The Balaban J connectivity index is 0.00000120. The normalized spacial score (nSPS) is 10.4. The highest BCUT2D eigenvalue weighted by atomic mass is 16.4. The van der Waals surface area contributed by atoms with Crippen molar-refractivity contribution >= 4 is 27.9 Å². The number of hydrogen-bond donors (Lipinski definition) is 1. The standard InChI is InChI=1S/C14H10O3.CH4/c15-14(16)8-9-5-6-11-10-3-1-2-4-12(10)17-13(11)7-9;/h1-7H,8H2,(H,15,16);1H4. The molecule has 3 rings (SSSR count). The smallest absolute Gasteiger partial charge is 0.307 e. The lowest BCUT2D eigenvalue weighted by atomic mass is 10.1. The maximum Gasteiger partial charge on any atom is 0.307 e. The predicted octanol–water partition coefficient (Wildman–Crippen LogP) is 3.85. The molecule has 0 aliphatic rings. The van der Waals surface area contributed by atoms with Crippen molar-refractivity contribution in [3.63, 3.8) is 0 Å². The molecule has 1 aromatic heterocycles. The Hall–Kier alpha value is -2.29. The molecule has 0 aliphatic carbocycles. The van der Waals surface area contributed by atoms with Gasteiger partial charge < -0.3 is 9.52 Å². The number of carboxylic acid groups (broad SMARTS) is 1. The monoisotopic (exact) mass is 242 g/mol. The second kappa shape index (κ2) is 4.53. The van der Waals surface area contributed by atoms with Crippen molar-refractivity contribution in [1.82, 2.24) is 0 Å². The molecule has 18 heavy (non-hydrogen) atoms. The van der Waals surface area contributed by atoms with Gasteiger partial charge in [0.05, 0.1) is 6.42 Å². The number of fused-ring (bicyclic) bond motifs is 3. The number of aliphatic carboxylic acids is 1. The highest BCUT2D eigenvalue weighted by Crippen LogP contribution is 2.28. The Bertz CT molecular complexity index is 710. The summed E-state index contributed by atoms with van der Waals surface area (Å²) in [7, 11) is 0. The molecule has 0 radical (unpaired) electrons. The lowest BCUT2D eigenvalue weighted by molar-refractivity contribution is -0.136. The molecule has 0 atom stereocenters. The van der Waals surface area contributed by atoms with Crippen molar-refractivity contribution in [1.29, 1.82) is 0 Å². The van der Waals surface area contributed by atoms with Crippen LogP contribution in [0, 0.1) is 0 Å². The summed E-state index contributed by atoms with van der Waals surface area (Å²) < 4.78 is 5.68. The highest BCUT2D eigenvalue weighted by Gasteiger charge is 2.08. The molecule has 0 saturated heterocycles. The average Bonchev–Trinajstić information content (AvgIpc) is 2.65. The van der Waals surface area contributed by atoms with Crippen LogP contribution in [0.2, 0.25) is 0 Å². The maximum atomic E-state index is 10.6. The van der Waals surface area contributed by atoms with E-state index in [4.69, 9.17) is 9.52 Å². The molecule has 3 aromatic rings. The fraction of sp³-hybridized carbons (Fsp3) is 0.133. The van der Waals surface area contributed by atoms with Gasteiger partial charge in [0.1, 0.15) is 11.2 Å². The molecule has 2 aromatic carbocycles. The topological polar surface area (TPSA) is 50.4 Å². The third-order valence-electron chi connectivity index (χ3n) is 2.80. The van der Waals surface area contributed by atoms with Crippen LogP contribution in [-0.2, 0) is 11.2 Å². The zero-order valence-electron chi connectivity index (χ0n) is 9.01. The number of benzene rings is 2. The molecule has 0 aliphatic heterocycles. The van der Waals surface area contributed by atoms with Gasteiger partial charge in [0.2, 0.25) is 0 Å². The first-order chi connectivity index (χ1) is 8.24.